The van der Waals surface area contributed by atoms with Crippen LogP contribution in [0.3, 0.4) is 0 Å². The molecule has 132 valence electrons. The summed E-state index contributed by atoms with van der Waals surface area (Å²) in [6, 6.07) is 0. The van der Waals surface area contributed by atoms with Crippen molar-refractivity contribution in [2.45, 2.75) is 58.3 Å². The van der Waals surface area contributed by atoms with Crippen LogP contribution in [0, 0.1) is 45.8 Å². The Morgan fingerprint density at radius 1 is 1.12 bits per heavy atom. The highest BCUT2D eigenvalue weighted by molar-refractivity contribution is 6.02. The Hall–Kier alpha value is -1.03. The van der Waals surface area contributed by atoms with Crippen LogP contribution in [0.25, 0.3) is 0 Å². The number of aliphatic hydroxyl groups is 1. The molecule has 0 aliphatic heterocycles. The van der Waals surface area contributed by atoms with Gasteiger partial charge < -0.3 is 10.5 Å². The Bertz CT molecular complexity index is 587. The first kappa shape index (κ1) is 16.4. The van der Waals surface area contributed by atoms with Crippen molar-refractivity contribution >= 4 is 17.8 Å². The molecule has 0 aromatic heterocycles. The molecule has 4 nitrogen and oxygen atoms in total. The maximum absolute atomic E-state index is 13.3. The van der Waals surface area contributed by atoms with E-state index < -0.39 is 5.41 Å². The highest BCUT2D eigenvalue weighted by Gasteiger charge is 2.65. The summed E-state index contributed by atoms with van der Waals surface area (Å²) in [5, 5.41) is 17.9. The van der Waals surface area contributed by atoms with Crippen molar-refractivity contribution in [2.75, 3.05) is 6.61 Å². The standard InChI is InChI=1S/C20H29NO3/c1-19-8-3-2-4-13(19)12(10-22)18(24)17-14(19)7-9-20(11-21)15(17)5-6-16(20)23/h11-15,17,21-22H,2-10H2,1H3/t12-,13?,14+,15+,17-,19+,20-/m1/s1. The van der Waals surface area contributed by atoms with Crippen molar-refractivity contribution in [1.29, 1.82) is 5.41 Å². The molecule has 4 aliphatic carbocycles. The molecule has 4 saturated carbocycles. The molecule has 24 heavy (non-hydrogen) atoms. The number of ketones is 2. The minimum absolute atomic E-state index is 0.00232. The van der Waals surface area contributed by atoms with Gasteiger partial charge >= 0.3 is 0 Å². The van der Waals surface area contributed by atoms with E-state index in [1.807, 2.05) is 0 Å². The maximum atomic E-state index is 13.3. The lowest BCUT2D eigenvalue weighted by molar-refractivity contribution is -0.166. The lowest BCUT2D eigenvalue weighted by atomic mass is 9.43. The highest BCUT2D eigenvalue weighted by Crippen LogP contribution is 2.65. The third-order valence-corrected chi connectivity index (χ3v) is 8.41. The van der Waals surface area contributed by atoms with Gasteiger partial charge in [-0.15, -0.1) is 0 Å². The zero-order valence-electron chi connectivity index (χ0n) is 14.6. The molecule has 0 radical (unpaired) electrons. The average Bonchev–Trinajstić information content (AvgIpc) is 2.93. The number of hydrogen-bond acceptors (Lipinski definition) is 4. The van der Waals surface area contributed by atoms with Crippen LogP contribution in [-0.4, -0.2) is 29.5 Å². The minimum atomic E-state index is -0.686. The molecule has 0 aromatic rings. The molecular weight excluding hydrogens is 302 g/mol. The quantitative estimate of drug-likeness (QED) is 0.764. The van der Waals surface area contributed by atoms with E-state index >= 15 is 0 Å². The summed E-state index contributed by atoms with van der Waals surface area (Å²) >= 11 is 0. The Morgan fingerprint density at radius 3 is 2.62 bits per heavy atom. The third kappa shape index (κ3) is 1.86. The van der Waals surface area contributed by atoms with Crippen LogP contribution in [0.15, 0.2) is 0 Å². The van der Waals surface area contributed by atoms with Crippen molar-refractivity contribution in [3.63, 3.8) is 0 Å². The first-order valence-electron chi connectivity index (χ1n) is 9.69. The fourth-order valence-corrected chi connectivity index (χ4v) is 7.23. The van der Waals surface area contributed by atoms with Crippen LogP contribution in [0.2, 0.25) is 0 Å². The Kier molecular flexibility index (Phi) is 3.76. The Balaban J connectivity index is 1.79. The van der Waals surface area contributed by atoms with E-state index in [0.29, 0.717) is 18.3 Å². The number of fused-ring (bicyclic) bond motifs is 5. The van der Waals surface area contributed by atoms with Gasteiger partial charge in [-0.2, -0.15) is 0 Å². The zero-order valence-corrected chi connectivity index (χ0v) is 14.6. The van der Waals surface area contributed by atoms with Crippen LogP contribution >= 0.6 is 0 Å². The number of Topliss-reactive ketones (excluding diaryl/α,β-unsaturated/α-hetero) is 2. The predicted octanol–water partition coefficient (Wildman–Crippen LogP) is 3.02. The fraction of sp³-hybridized carbons (Fsp3) is 0.850. The number of rotatable bonds is 2. The van der Waals surface area contributed by atoms with Crippen LogP contribution in [0.4, 0.5) is 0 Å². The molecule has 1 unspecified atom stereocenters. The van der Waals surface area contributed by atoms with Gasteiger partial charge in [0.25, 0.3) is 0 Å². The summed E-state index contributed by atoms with van der Waals surface area (Å²) in [4.78, 5) is 25.9. The molecule has 0 spiro atoms. The molecule has 0 aromatic carbocycles. The Labute approximate surface area is 143 Å². The molecule has 0 amide bonds. The van der Waals surface area contributed by atoms with E-state index in [1.54, 1.807) is 0 Å². The lowest BCUT2D eigenvalue weighted by Gasteiger charge is -2.60. The molecule has 4 rings (SSSR count). The second-order valence-corrected chi connectivity index (χ2v) is 8.97. The normalized spacial score (nSPS) is 50.8. The smallest absolute Gasteiger partial charge is 0.144 e. The Morgan fingerprint density at radius 2 is 1.92 bits per heavy atom. The van der Waals surface area contributed by atoms with E-state index in [0.717, 1.165) is 38.5 Å². The van der Waals surface area contributed by atoms with E-state index in [4.69, 9.17) is 5.41 Å². The van der Waals surface area contributed by atoms with Crippen molar-refractivity contribution in [3.05, 3.63) is 0 Å². The summed E-state index contributed by atoms with van der Waals surface area (Å²) < 4.78 is 0. The van der Waals surface area contributed by atoms with E-state index in [9.17, 15) is 14.7 Å². The summed E-state index contributed by atoms with van der Waals surface area (Å²) in [5.41, 5.74) is -0.571. The van der Waals surface area contributed by atoms with Crippen LogP contribution in [0.1, 0.15) is 58.3 Å². The first-order chi connectivity index (χ1) is 11.5. The third-order valence-electron chi connectivity index (χ3n) is 8.41. The van der Waals surface area contributed by atoms with E-state index in [2.05, 4.69) is 6.92 Å². The van der Waals surface area contributed by atoms with Gasteiger partial charge in [0.2, 0.25) is 0 Å². The van der Waals surface area contributed by atoms with Gasteiger partial charge in [0, 0.05) is 24.5 Å². The van der Waals surface area contributed by atoms with Crippen molar-refractivity contribution in [1.82, 2.24) is 0 Å². The molecule has 0 heterocycles. The van der Waals surface area contributed by atoms with Crippen molar-refractivity contribution < 1.29 is 14.7 Å². The van der Waals surface area contributed by atoms with Crippen LogP contribution < -0.4 is 0 Å². The zero-order chi connectivity index (χ0) is 17.1. The number of aliphatic hydroxyl groups excluding tert-OH is 1. The lowest BCUT2D eigenvalue weighted by Crippen LogP contribution is -2.61. The van der Waals surface area contributed by atoms with Crippen LogP contribution in [0.5, 0.6) is 0 Å². The van der Waals surface area contributed by atoms with Crippen molar-refractivity contribution in [2.24, 2.45) is 40.4 Å². The fourth-order valence-electron chi connectivity index (χ4n) is 7.23. The molecule has 4 aliphatic rings. The first-order valence-corrected chi connectivity index (χ1v) is 9.69. The molecule has 2 N–H and O–H groups in total. The maximum Gasteiger partial charge on any atom is 0.144 e. The molecule has 4 heteroatoms. The molecular formula is C20H29NO3. The SMILES string of the molecule is C[C@]12CCCCC1[C@@H](CO)C(=O)[C@@H]1[C@@H]2CC[C@]2(C=N)C(=O)CC[C@@H]12. The van der Waals surface area contributed by atoms with Gasteiger partial charge in [0.15, 0.2) is 0 Å². The summed E-state index contributed by atoms with van der Waals surface area (Å²) in [7, 11) is 0. The molecule has 7 atom stereocenters. The van der Waals surface area contributed by atoms with E-state index in [1.165, 1.54) is 12.6 Å². The summed E-state index contributed by atoms with van der Waals surface area (Å²) in [6.45, 7) is 2.29. The predicted molar refractivity (Wildman–Crippen MR) is 90.8 cm³/mol. The number of nitrogens with one attached hydrogen (secondary N) is 1. The largest absolute Gasteiger partial charge is 0.396 e. The second kappa shape index (κ2) is 5.48. The van der Waals surface area contributed by atoms with E-state index in [-0.39, 0.29) is 41.3 Å². The summed E-state index contributed by atoms with van der Waals surface area (Å²) in [6.07, 6.45) is 8.83. The van der Waals surface area contributed by atoms with Gasteiger partial charge in [0.1, 0.15) is 11.6 Å². The topological polar surface area (TPSA) is 78.2 Å². The number of carbonyl (C=O) groups excluding carboxylic acids is 2. The number of carbonyl (C=O) groups is 2. The number of hydrogen-bond donors (Lipinski definition) is 2. The highest BCUT2D eigenvalue weighted by atomic mass is 16.3. The van der Waals surface area contributed by atoms with Gasteiger partial charge in [0.05, 0.1) is 12.0 Å². The van der Waals surface area contributed by atoms with Crippen molar-refractivity contribution in [3.8, 4) is 0 Å². The molecule has 0 bridgehead atoms. The molecule has 4 fully saturated rings. The van der Waals surface area contributed by atoms with Gasteiger partial charge in [-0.05, 0) is 55.3 Å². The van der Waals surface area contributed by atoms with Gasteiger partial charge in [-0.1, -0.05) is 19.8 Å². The summed E-state index contributed by atoms with van der Waals surface area (Å²) in [5.74, 6) is 0.638. The van der Waals surface area contributed by atoms with Crippen LogP contribution in [-0.2, 0) is 9.59 Å². The monoisotopic (exact) mass is 331 g/mol. The van der Waals surface area contributed by atoms with Gasteiger partial charge in [-0.25, -0.2) is 0 Å². The molecule has 0 saturated heterocycles. The van der Waals surface area contributed by atoms with Gasteiger partial charge in [-0.3, -0.25) is 9.59 Å². The minimum Gasteiger partial charge on any atom is -0.396 e. The average molecular weight is 331 g/mol. The second-order valence-electron chi connectivity index (χ2n) is 8.97.